The van der Waals surface area contributed by atoms with Gasteiger partial charge in [0.2, 0.25) is 5.91 Å². The van der Waals surface area contributed by atoms with Gasteiger partial charge in [-0.3, -0.25) is 4.79 Å². The fourth-order valence-corrected chi connectivity index (χ4v) is 3.59. The molecule has 0 spiro atoms. The van der Waals surface area contributed by atoms with E-state index in [-0.39, 0.29) is 12.5 Å². The Hall–Kier alpha value is -3.42. The number of hydrogen-bond acceptors (Lipinski definition) is 5. The number of nitrogens with one attached hydrogen (secondary N) is 1. The van der Waals surface area contributed by atoms with Crippen LogP contribution in [0.25, 0.3) is 0 Å². The molecular formula is C22H20F2N4O2. The standard InChI is InChI=1S/C22H20F2N4O2/c1-13-19(11-26-14(2)27-13)30-12-22(15-6-7-17(23)18(24)9-15)10-16(22)21(29)28-20-5-3-4-8-25-20/h3-9,11,16H,10,12H2,1-2H3,(H,25,28,29)/t16-,22+/m0/s1. The van der Waals surface area contributed by atoms with Gasteiger partial charge in [0, 0.05) is 11.6 Å². The molecule has 0 bridgehead atoms. The molecule has 1 saturated carbocycles. The average Bonchev–Trinajstić information content (AvgIpc) is 3.46. The van der Waals surface area contributed by atoms with Gasteiger partial charge in [-0.15, -0.1) is 0 Å². The van der Waals surface area contributed by atoms with Crippen LogP contribution in [-0.4, -0.2) is 27.5 Å². The highest BCUT2D eigenvalue weighted by Gasteiger charge is 2.60. The summed E-state index contributed by atoms with van der Waals surface area (Å²) in [7, 11) is 0. The number of hydrogen-bond donors (Lipinski definition) is 1. The highest BCUT2D eigenvalue weighted by atomic mass is 19.2. The quantitative estimate of drug-likeness (QED) is 0.670. The van der Waals surface area contributed by atoms with Crippen molar-refractivity contribution in [3.63, 3.8) is 0 Å². The number of amides is 1. The van der Waals surface area contributed by atoms with Gasteiger partial charge >= 0.3 is 0 Å². The molecule has 154 valence electrons. The Morgan fingerprint density at radius 1 is 1.20 bits per heavy atom. The molecule has 8 heteroatoms. The summed E-state index contributed by atoms with van der Waals surface area (Å²) >= 11 is 0. The largest absolute Gasteiger partial charge is 0.489 e. The number of nitrogens with zero attached hydrogens (tertiary/aromatic N) is 3. The predicted octanol–water partition coefficient (Wildman–Crippen LogP) is 3.74. The molecule has 4 rings (SSSR count). The van der Waals surface area contributed by atoms with Gasteiger partial charge in [-0.1, -0.05) is 12.1 Å². The first kappa shape index (κ1) is 19.9. The second-order valence-electron chi connectivity index (χ2n) is 7.40. The third kappa shape index (κ3) is 3.85. The van der Waals surface area contributed by atoms with Crippen LogP contribution in [0.5, 0.6) is 5.75 Å². The molecule has 1 aromatic carbocycles. The van der Waals surface area contributed by atoms with Crippen LogP contribution in [0, 0.1) is 31.4 Å². The van der Waals surface area contributed by atoms with Crippen LogP contribution in [-0.2, 0) is 10.2 Å². The van der Waals surface area contributed by atoms with E-state index < -0.39 is 23.0 Å². The average molecular weight is 410 g/mol. The lowest BCUT2D eigenvalue weighted by atomic mass is 9.93. The van der Waals surface area contributed by atoms with Crippen molar-refractivity contribution in [1.82, 2.24) is 15.0 Å². The number of aromatic nitrogens is 3. The zero-order chi connectivity index (χ0) is 21.3. The van der Waals surface area contributed by atoms with Crippen molar-refractivity contribution in [2.75, 3.05) is 11.9 Å². The lowest BCUT2D eigenvalue weighted by Crippen LogP contribution is -2.27. The van der Waals surface area contributed by atoms with Crippen molar-refractivity contribution in [1.29, 1.82) is 0 Å². The highest BCUT2D eigenvalue weighted by Crippen LogP contribution is 2.55. The smallest absolute Gasteiger partial charge is 0.229 e. The molecule has 2 heterocycles. The summed E-state index contributed by atoms with van der Waals surface area (Å²) < 4.78 is 33.4. The fraction of sp³-hybridized carbons (Fsp3) is 0.273. The van der Waals surface area contributed by atoms with Gasteiger partial charge in [0.1, 0.15) is 11.6 Å². The molecule has 1 N–H and O–H groups in total. The summed E-state index contributed by atoms with van der Waals surface area (Å²) in [4.78, 5) is 25.3. The molecule has 2 atom stereocenters. The van der Waals surface area contributed by atoms with E-state index in [4.69, 9.17) is 4.74 Å². The minimum absolute atomic E-state index is 0.103. The van der Waals surface area contributed by atoms with E-state index in [9.17, 15) is 13.6 Å². The van der Waals surface area contributed by atoms with Crippen LogP contribution in [0.4, 0.5) is 14.6 Å². The lowest BCUT2D eigenvalue weighted by molar-refractivity contribution is -0.117. The maximum Gasteiger partial charge on any atom is 0.229 e. The van der Waals surface area contributed by atoms with Gasteiger partial charge < -0.3 is 10.1 Å². The molecule has 0 unspecified atom stereocenters. The molecule has 1 fully saturated rings. The highest BCUT2D eigenvalue weighted by molar-refractivity contribution is 5.95. The third-order valence-electron chi connectivity index (χ3n) is 5.34. The van der Waals surface area contributed by atoms with Crippen LogP contribution < -0.4 is 10.1 Å². The Morgan fingerprint density at radius 3 is 2.73 bits per heavy atom. The maximum absolute atomic E-state index is 13.9. The van der Waals surface area contributed by atoms with Gasteiger partial charge in [0.05, 0.1) is 24.4 Å². The zero-order valence-electron chi connectivity index (χ0n) is 16.5. The molecule has 0 aliphatic heterocycles. The maximum atomic E-state index is 13.9. The molecule has 0 saturated heterocycles. The van der Waals surface area contributed by atoms with E-state index in [1.165, 1.54) is 6.07 Å². The zero-order valence-corrected chi connectivity index (χ0v) is 16.5. The number of ether oxygens (including phenoxy) is 1. The van der Waals surface area contributed by atoms with Gasteiger partial charge in [-0.25, -0.2) is 23.7 Å². The van der Waals surface area contributed by atoms with Crippen molar-refractivity contribution < 1.29 is 18.3 Å². The Balaban J connectivity index is 1.59. The summed E-state index contributed by atoms with van der Waals surface area (Å²) in [6.45, 7) is 3.68. The van der Waals surface area contributed by atoms with Gasteiger partial charge in [-0.2, -0.15) is 0 Å². The van der Waals surface area contributed by atoms with E-state index >= 15 is 0 Å². The second-order valence-corrected chi connectivity index (χ2v) is 7.40. The number of anilines is 1. The van der Waals surface area contributed by atoms with Crippen LogP contribution in [0.1, 0.15) is 23.5 Å². The summed E-state index contributed by atoms with van der Waals surface area (Å²) in [5.74, 6) is -1.09. The Kier molecular flexibility index (Phi) is 5.15. The Morgan fingerprint density at radius 2 is 2.03 bits per heavy atom. The summed E-state index contributed by atoms with van der Waals surface area (Å²) in [6.07, 6.45) is 3.58. The molecule has 1 aliphatic rings. The van der Waals surface area contributed by atoms with Crippen molar-refractivity contribution >= 4 is 11.7 Å². The number of aryl methyl sites for hydroxylation is 2. The molecule has 0 radical (unpaired) electrons. The topological polar surface area (TPSA) is 77.0 Å². The number of rotatable bonds is 6. The second kappa shape index (κ2) is 7.78. The van der Waals surface area contributed by atoms with E-state index in [0.29, 0.717) is 35.1 Å². The van der Waals surface area contributed by atoms with E-state index in [2.05, 4.69) is 20.3 Å². The first-order valence-corrected chi connectivity index (χ1v) is 9.49. The van der Waals surface area contributed by atoms with E-state index in [1.807, 2.05) is 0 Å². The van der Waals surface area contributed by atoms with Crippen LogP contribution >= 0.6 is 0 Å². The minimum atomic E-state index is -0.961. The molecule has 1 aliphatic carbocycles. The molecule has 1 amide bonds. The van der Waals surface area contributed by atoms with Crippen molar-refractivity contribution in [2.45, 2.75) is 25.7 Å². The molecule has 2 aromatic heterocycles. The van der Waals surface area contributed by atoms with Gasteiger partial charge in [0.25, 0.3) is 0 Å². The molecular weight excluding hydrogens is 390 g/mol. The molecule has 3 aromatic rings. The van der Waals surface area contributed by atoms with Crippen LogP contribution in [0.2, 0.25) is 0 Å². The number of benzene rings is 1. The number of carbonyl (C=O) groups is 1. The Labute approximate surface area is 172 Å². The van der Waals surface area contributed by atoms with E-state index in [1.54, 1.807) is 44.4 Å². The summed E-state index contributed by atoms with van der Waals surface area (Å²) in [5, 5.41) is 2.77. The van der Waals surface area contributed by atoms with Crippen molar-refractivity contribution in [2.24, 2.45) is 5.92 Å². The third-order valence-corrected chi connectivity index (χ3v) is 5.34. The Bertz CT molecular complexity index is 1090. The van der Waals surface area contributed by atoms with Crippen molar-refractivity contribution in [3.8, 4) is 5.75 Å². The predicted molar refractivity (Wildman–Crippen MR) is 106 cm³/mol. The summed E-state index contributed by atoms with van der Waals surface area (Å²) in [6, 6.07) is 8.89. The fourth-order valence-electron chi connectivity index (χ4n) is 3.59. The van der Waals surface area contributed by atoms with Crippen LogP contribution in [0.15, 0.2) is 48.8 Å². The number of pyridine rings is 1. The summed E-state index contributed by atoms with van der Waals surface area (Å²) in [5.41, 5.74) is 0.386. The first-order valence-electron chi connectivity index (χ1n) is 9.49. The minimum Gasteiger partial charge on any atom is -0.489 e. The number of carbonyl (C=O) groups excluding carboxylic acids is 1. The van der Waals surface area contributed by atoms with Crippen LogP contribution in [0.3, 0.4) is 0 Å². The van der Waals surface area contributed by atoms with Crippen molar-refractivity contribution in [3.05, 3.63) is 77.5 Å². The monoisotopic (exact) mass is 410 g/mol. The number of halogens is 2. The van der Waals surface area contributed by atoms with Gasteiger partial charge in [-0.05, 0) is 50.1 Å². The lowest BCUT2D eigenvalue weighted by Gasteiger charge is -2.20. The van der Waals surface area contributed by atoms with E-state index in [0.717, 1.165) is 12.1 Å². The molecule has 6 nitrogen and oxygen atoms in total. The van der Waals surface area contributed by atoms with Gasteiger partial charge in [0.15, 0.2) is 17.4 Å². The normalized spacial score (nSPS) is 19.9. The SMILES string of the molecule is Cc1ncc(OC[C@@]2(c3ccc(F)c(F)c3)C[C@H]2C(=O)Nc2ccccn2)c(C)n1. The molecule has 30 heavy (non-hydrogen) atoms. The first-order chi connectivity index (χ1) is 14.4.